The minimum Gasteiger partial charge on any atom is -0.396 e. The summed E-state index contributed by atoms with van der Waals surface area (Å²) in [6.07, 6.45) is 0. The molecule has 0 saturated carbocycles. The summed E-state index contributed by atoms with van der Waals surface area (Å²) in [5.41, 5.74) is 0.843. The van der Waals surface area contributed by atoms with Gasteiger partial charge in [0.1, 0.15) is 5.82 Å². The molecule has 0 atom stereocenters. The van der Waals surface area contributed by atoms with E-state index in [0.29, 0.717) is 0 Å². The topological polar surface area (TPSA) is 23.5 Å². The summed E-state index contributed by atoms with van der Waals surface area (Å²) < 4.78 is 12.8. The van der Waals surface area contributed by atoms with Gasteiger partial charge < -0.3 is 10.0 Å². The highest BCUT2D eigenvalue weighted by Crippen LogP contribution is 2.21. The van der Waals surface area contributed by atoms with Gasteiger partial charge in [-0.15, -0.1) is 0 Å². The number of rotatable bonds is 5. The van der Waals surface area contributed by atoms with Gasteiger partial charge in [0.2, 0.25) is 0 Å². The zero-order chi connectivity index (χ0) is 12.2. The summed E-state index contributed by atoms with van der Waals surface area (Å²) in [6, 6.07) is 6.46. The summed E-state index contributed by atoms with van der Waals surface area (Å²) in [7, 11) is 0. The Balaban J connectivity index is 2.78. The molecule has 0 amide bonds. The van der Waals surface area contributed by atoms with Crippen molar-refractivity contribution < 1.29 is 9.50 Å². The van der Waals surface area contributed by atoms with Crippen molar-refractivity contribution in [3.63, 3.8) is 0 Å². The van der Waals surface area contributed by atoms with Crippen LogP contribution in [0.4, 0.5) is 10.1 Å². The molecule has 1 N–H and O–H groups in total. The highest BCUT2D eigenvalue weighted by molar-refractivity contribution is 5.46. The lowest BCUT2D eigenvalue weighted by atomic mass is 9.94. The lowest BCUT2D eigenvalue weighted by molar-refractivity contribution is 0.164. The Morgan fingerprint density at radius 3 is 2.25 bits per heavy atom. The minimum absolute atomic E-state index is 0.144. The largest absolute Gasteiger partial charge is 0.396 e. The lowest BCUT2D eigenvalue weighted by Crippen LogP contribution is -2.36. The maximum atomic E-state index is 12.8. The van der Waals surface area contributed by atoms with E-state index in [9.17, 15) is 9.50 Å². The van der Waals surface area contributed by atoms with Crippen molar-refractivity contribution in [2.45, 2.75) is 20.8 Å². The summed E-state index contributed by atoms with van der Waals surface area (Å²) in [6.45, 7) is 7.82. The molecule has 0 aliphatic heterocycles. The molecule has 16 heavy (non-hydrogen) atoms. The minimum atomic E-state index is -0.221. The first kappa shape index (κ1) is 13.0. The van der Waals surface area contributed by atoms with Crippen LogP contribution in [0.3, 0.4) is 0 Å². The van der Waals surface area contributed by atoms with Gasteiger partial charge in [-0.3, -0.25) is 0 Å². The number of hydrogen-bond acceptors (Lipinski definition) is 2. The number of hydrogen-bond donors (Lipinski definition) is 1. The molecule has 0 aliphatic rings. The highest BCUT2D eigenvalue weighted by Gasteiger charge is 2.20. The number of benzene rings is 1. The average Bonchev–Trinajstić information content (AvgIpc) is 2.27. The van der Waals surface area contributed by atoms with Crippen LogP contribution in [0.15, 0.2) is 24.3 Å². The van der Waals surface area contributed by atoms with E-state index in [1.165, 1.54) is 12.1 Å². The first-order valence-corrected chi connectivity index (χ1v) is 5.60. The zero-order valence-corrected chi connectivity index (χ0v) is 10.2. The average molecular weight is 225 g/mol. The molecule has 0 fully saturated rings. The van der Waals surface area contributed by atoms with Crippen LogP contribution in [0.25, 0.3) is 0 Å². The molecule has 90 valence electrons. The molecule has 0 bridgehead atoms. The second kappa shape index (κ2) is 5.30. The summed E-state index contributed by atoms with van der Waals surface area (Å²) in [5.74, 6) is -0.221. The van der Waals surface area contributed by atoms with Crippen LogP contribution in [0, 0.1) is 11.2 Å². The smallest absolute Gasteiger partial charge is 0.123 e. The third kappa shape index (κ3) is 3.49. The molecule has 0 unspecified atom stereocenters. The van der Waals surface area contributed by atoms with E-state index in [-0.39, 0.29) is 17.8 Å². The van der Waals surface area contributed by atoms with Crippen molar-refractivity contribution in [1.29, 1.82) is 0 Å². The Kier molecular flexibility index (Phi) is 4.30. The lowest BCUT2D eigenvalue weighted by Gasteiger charge is -2.32. The van der Waals surface area contributed by atoms with E-state index in [2.05, 4.69) is 11.8 Å². The number of nitrogens with zero attached hydrogens (tertiary/aromatic N) is 1. The molecular formula is C13H20FNO. The molecule has 2 nitrogen and oxygen atoms in total. The number of aliphatic hydroxyl groups is 1. The summed E-state index contributed by atoms with van der Waals surface area (Å²) >= 11 is 0. The van der Waals surface area contributed by atoms with Crippen molar-refractivity contribution >= 4 is 5.69 Å². The third-order valence-electron chi connectivity index (χ3n) is 2.62. The predicted molar refractivity (Wildman–Crippen MR) is 65.2 cm³/mol. The van der Waals surface area contributed by atoms with Crippen molar-refractivity contribution in [3.05, 3.63) is 30.1 Å². The Hall–Kier alpha value is -1.09. The van der Waals surface area contributed by atoms with E-state index in [4.69, 9.17) is 0 Å². The Morgan fingerprint density at radius 2 is 1.81 bits per heavy atom. The first-order valence-electron chi connectivity index (χ1n) is 5.60. The van der Waals surface area contributed by atoms with Crippen LogP contribution in [-0.4, -0.2) is 24.8 Å². The molecule has 0 aliphatic carbocycles. The van der Waals surface area contributed by atoms with Gasteiger partial charge in [0.25, 0.3) is 0 Å². The predicted octanol–water partition coefficient (Wildman–Crippen LogP) is 2.67. The van der Waals surface area contributed by atoms with Crippen molar-refractivity contribution in [2.24, 2.45) is 5.41 Å². The molecule has 0 aromatic heterocycles. The van der Waals surface area contributed by atoms with E-state index in [1.807, 2.05) is 13.8 Å². The Bertz CT molecular complexity index is 321. The van der Waals surface area contributed by atoms with E-state index in [1.54, 1.807) is 12.1 Å². The number of aliphatic hydroxyl groups excluding tert-OH is 1. The summed E-state index contributed by atoms with van der Waals surface area (Å²) in [4.78, 5) is 2.13. The molecule has 0 radical (unpaired) electrons. The maximum absolute atomic E-state index is 12.8. The van der Waals surface area contributed by atoms with E-state index >= 15 is 0 Å². The fourth-order valence-electron chi connectivity index (χ4n) is 1.60. The van der Waals surface area contributed by atoms with Gasteiger partial charge in [0.15, 0.2) is 0 Å². The van der Waals surface area contributed by atoms with Crippen molar-refractivity contribution in [1.82, 2.24) is 0 Å². The van der Waals surface area contributed by atoms with Crippen LogP contribution in [0.5, 0.6) is 0 Å². The van der Waals surface area contributed by atoms with Crippen LogP contribution in [0.2, 0.25) is 0 Å². The van der Waals surface area contributed by atoms with Crippen LogP contribution >= 0.6 is 0 Å². The van der Waals surface area contributed by atoms with Gasteiger partial charge in [-0.05, 0) is 31.2 Å². The molecule has 3 heteroatoms. The van der Waals surface area contributed by atoms with Gasteiger partial charge >= 0.3 is 0 Å². The fraction of sp³-hybridized carbons (Fsp3) is 0.538. The normalized spacial score (nSPS) is 11.6. The second-order valence-corrected chi connectivity index (χ2v) is 4.81. The molecule has 0 spiro atoms. The Morgan fingerprint density at radius 1 is 1.25 bits per heavy atom. The SMILES string of the molecule is CCN(CC(C)(C)CO)c1ccc(F)cc1. The highest BCUT2D eigenvalue weighted by atomic mass is 19.1. The molecule has 1 aromatic rings. The van der Waals surface area contributed by atoms with Gasteiger partial charge in [-0.1, -0.05) is 13.8 Å². The molecular weight excluding hydrogens is 205 g/mol. The number of halogens is 1. The van der Waals surface area contributed by atoms with Gasteiger partial charge in [0.05, 0.1) is 0 Å². The van der Waals surface area contributed by atoms with Crippen LogP contribution < -0.4 is 4.90 Å². The van der Waals surface area contributed by atoms with Gasteiger partial charge in [0, 0.05) is 30.8 Å². The first-order chi connectivity index (χ1) is 7.48. The molecule has 0 saturated heterocycles. The van der Waals surface area contributed by atoms with E-state index in [0.717, 1.165) is 18.8 Å². The van der Waals surface area contributed by atoms with Crippen LogP contribution in [-0.2, 0) is 0 Å². The van der Waals surface area contributed by atoms with Crippen molar-refractivity contribution in [2.75, 3.05) is 24.6 Å². The van der Waals surface area contributed by atoms with Crippen molar-refractivity contribution in [3.8, 4) is 0 Å². The standard InChI is InChI=1S/C13H20FNO/c1-4-15(9-13(2,3)10-16)12-7-5-11(14)6-8-12/h5-8,16H,4,9-10H2,1-3H3. The number of anilines is 1. The maximum Gasteiger partial charge on any atom is 0.123 e. The molecule has 0 heterocycles. The zero-order valence-electron chi connectivity index (χ0n) is 10.2. The third-order valence-corrected chi connectivity index (χ3v) is 2.62. The monoisotopic (exact) mass is 225 g/mol. The second-order valence-electron chi connectivity index (χ2n) is 4.81. The van der Waals surface area contributed by atoms with Crippen LogP contribution in [0.1, 0.15) is 20.8 Å². The fourth-order valence-corrected chi connectivity index (χ4v) is 1.60. The molecule has 1 aromatic carbocycles. The Labute approximate surface area is 96.7 Å². The molecule has 1 rings (SSSR count). The van der Waals surface area contributed by atoms with Gasteiger partial charge in [-0.2, -0.15) is 0 Å². The quantitative estimate of drug-likeness (QED) is 0.832. The summed E-state index contributed by atoms with van der Waals surface area (Å²) in [5, 5.41) is 9.24. The van der Waals surface area contributed by atoms with Gasteiger partial charge in [-0.25, -0.2) is 4.39 Å². The van der Waals surface area contributed by atoms with E-state index < -0.39 is 0 Å².